The fourth-order valence-corrected chi connectivity index (χ4v) is 6.06. The number of halogens is 1. The van der Waals surface area contributed by atoms with Crippen LogP contribution in [0.1, 0.15) is 48.0 Å². The number of allylic oxidation sites excluding steroid dienone is 1. The summed E-state index contributed by atoms with van der Waals surface area (Å²) in [6.45, 7) is 8.93. The van der Waals surface area contributed by atoms with Gasteiger partial charge in [-0.3, -0.25) is 9.59 Å². The third-order valence-corrected chi connectivity index (χ3v) is 7.83. The minimum Gasteiger partial charge on any atom is -0.397 e. The Morgan fingerprint density at radius 1 is 1.19 bits per heavy atom. The van der Waals surface area contributed by atoms with Gasteiger partial charge >= 0.3 is 0 Å². The summed E-state index contributed by atoms with van der Waals surface area (Å²) in [6.07, 6.45) is 2.34. The van der Waals surface area contributed by atoms with Gasteiger partial charge in [0, 0.05) is 54.5 Å². The molecule has 37 heavy (non-hydrogen) atoms. The van der Waals surface area contributed by atoms with Gasteiger partial charge in [-0.2, -0.15) is 0 Å². The lowest BCUT2D eigenvalue weighted by atomic mass is 9.87. The van der Waals surface area contributed by atoms with Gasteiger partial charge in [0.25, 0.3) is 5.91 Å². The maximum atomic E-state index is 13.7. The van der Waals surface area contributed by atoms with Gasteiger partial charge in [0.2, 0.25) is 5.91 Å². The number of benzene rings is 2. The Labute approximate surface area is 226 Å². The number of nitrogens with zero attached hydrogens (tertiary/aromatic N) is 2. The van der Waals surface area contributed by atoms with Gasteiger partial charge in [0.1, 0.15) is 0 Å². The van der Waals surface area contributed by atoms with E-state index >= 15 is 0 Å². The minimum absolute atomic E-state index is 0.00674. The Bertz CT molecular complexity index is 1220. The van der Waals surface area contributed by atoms with Gasteiger partial charge in [-0.25, -0.2) is 0 Å². The number of nitrogen functional groups attached to an aromatic ring is 1. The number of anilines is 3. The Kier molecular flexibility index (Phi) is 7.44. The number of hydrogen-bond acceptors (Lipinski definition) is 6. The number of nitrogens with two attached hydrogens (primary N) is 1. The largest absolute Gasteiger partial charge is 0.397 e. The molecular weight excluding hydrogens is 534 g/mol. The standard InChI is InChI=1S/C28H34BrN5O3/c1-17-12-22(21-7-3-4-8-25(21)31-17)27(35)33-9-5-6-20(16-33)32-26-23(13-19(29)14-24(26)30)28(36)34-10-11-37-18(2)15-34/h3-4,7-8,13-14,18,20,22,31-32H,1,5-6,9-12,15-16,30H2,2H3. The minimum atomic E-state index is -0.248. The first-order valence-electron chi connectivity index (χ1n) is 12.9. The molecule has 5 rings (SSSR count). The molecule has 3 unspecified atom stereocenters. The predicted octanol–water partition coefficient (Wildman–Crippen LogP) is 4.41. The fraction of sp³-hybridized carbons (Fsp3) is 0.429. The maximum Gasteiger partial charge on any atom is 0.256 e. The van der Waals surface area contributed by atoms with Crippen molar-refractivity contribution in [3.63, 3.8) is 0 Å². The summed E-state index contributed by atoms with van der Waals surface area (Å²) < 4.78 is 6.37. The number of hydrogen-bond donors (Lipinski definition) is 3. The molecule has 0 aliphatic carbocycles. The average molecular weight is 569 g/mol. The van der Waals surface area contributed by atoms with Gasteiger partial charge in [-0.1, -0.05) is 40.7 Å². The van der Waals surface area contributed by atoms with Crippen LogP contribution in [0.2, 0.25) is 0 Å². The normalized spacial score (nSPS) is 23.7. The van der Waals surface area contributed by atoms with Gasteiger partial charge in [-0.15, -0.1) is 0 Å². The third kappa shape index (κ3) is 5.48. The number of carbonyl (C=O) groups is 2. The number of amides is 2. The first-order chi connectivity index (χ1) is 17.8. The molecular formula is C28H34BrN5O3. The summed E-state index contributed by atoms with van der Waals surface area (Å²) in [5.41, 5.74) is 10.9. The van der Waals surface area contributed by atoms with Crippen molar-refractivity contribution < 1.29 is 14.3 Å². The summed E-state index contributed by atoms with van der Waals surface area (Å²) in [7, 11) is 0. The summed E-state index contributed by atoms with van der Waals surface area (Å²) in [6, 6.07) is 11.6. The molecule has 0 radical (unpaired) electrons. The third-order valence-electron chi connectivity index (χ3n) is 7.37. The number of ether oxygens (including phenoxy) is 1. The molecule has 2 aromatic carbocycles. The zero-order valence-corrected chi connectivity index (χ0v) is 22.7. The molecule has 9 heteroatoms. The van der Waals surface area contributed by atoms with E-state index in [9.17, 15) is 9.59 Å². The van der Waals surface area contributed by atoms with E-state index in [1.54, 1.807) is 0 Å². The number of morpholine rings is 1. The zero-order chi connectivity index (χ0) is 26.1. The quantitative estimate of drug-likeness (QED) is 0.473. The predicted molar refractivity (Wildman–Crippen MR) is 150 cm³/mol. The van der Waals surface area contributed by atoms with Crippen LogP contribution in [0.3, 0.4) is 0 Å². The van der Waals surface area contributed by atoms with Crippen LogP contribution in [0.25, 0.3) is 0 Å². The average Bonchev–Trinajstić information content (AvgIpc) is 2.89. The van der Waals surface area contributed by atoms with Gasteiger partial charge in [-0.05, 0) is 43.5 Å². The molecule has 196 valence electrons. The van der Waals surface area contributed by atoms with Crippen molar-refractivity contribution in [2.75, 3.05) is 49.2 Å². The van der Waals surface area contributed by atoms with Crippen LogP contribution in [0.4, 0.5) is 17.1 Å². The molecule has 2 amide bonds. The van der Waals surface area contributed by atoms with Crippen LogP contribution in [0.5, 0.6) is 0 Å². The Balaban J connectivity index is 1.34. The molecule has 0 saturated carbocycles. The highest BCUT2D eigenvalue weighted by atomic mass is 79.9. The summed E-state index contributed by atoms with van der Waals surface area (Å²) in [5.74, 6) is -0.204. The van der Waals surface area contributed by atoms with Crippen LogP contribution in [0, 0.1) is 0 Å². The molecule has 3 heterocycles. The van der Waals surface area contributed by atoms with Crippen LogP contribution < -0.4 is 16.4 Å². The maximum absolute atomic E-state index is 13.7. The van der Waals surface area contributed by atoms with E-state index in [-0.39, 0.29) is 29.9 Å². The molecule has 3 atom stereocenters. The lowest BCUT2D eigenvalue weighted by Gasteiger charge is -2.38. The van der Waals surface area contributed by atoms with Crippen molar-refractivity contribution in [2.24, 2.45) is 0 Å². The van der Waals surface area contributed by atoms with Gasteiger partial charge in [0.05, 0.1) is 35.6 Å². The molecule has 2 saturated heterocycles. The van der Waals surface area contributed by atoms with Crippen LogP contribution in [-0.4, -0.2) is 66.5 Å². The molecule has 3 aliphatic rings. The van der Waals surface area contributed by atoms with Crippen molar-refractivity contribution in [3.8, 4) is 0 Å². The number of fused-ring (bicyclic) bond motifs is 1. The Morgan fingerprint density at radius 2 is 2.00 bits per heavy atom. The Hall–Kier alpha value is -3.04. The number of para-hydroxylation sites is 1. The van der Waals surface area contributed by atoms with Crippen molar-refractivity contribution in [3.05, 3.63) is 64.3 Å². The highest BCUT2D eigenvalue weighted by molar-refractivity contribution is 9.10. The summed E-state index contributed by atoms with van der Waals surface area (Å²) in [5, 5.41) is 6.85. The SMILES string of the molecule is C=C1CC(C(=O)N2CCCC(Nc3c(N)cc(Br)cc3C(=O)N3CCOC(C)C3)C2)c2ccccc2N1. The number of nitrogens with one attached hydrogen (secondary N) is 2. The number of piperidine rings is 1. The van der Waals surface area contributed by atoms with Crippen molar-refractivity contribution in [1.29, 1.82) is 0 Å². The number of likely N-dealkylation sites (tertiary alicyclic amines) is 1. The second-order valence-corrected chi connectivity index (χ2v) is 11.1. The van der Waals surface area contributed by atoms with E-state index in [0.717, 1.165) is 34.3 Å². The lowest BCUT2D eigenvalue weighted by Crippen LogP contribution is -2.48. The van der Waals surface area contributed by atoms with Crippen molar-refractivity contribution in [1.82, 2.24) is 9.80 Å². The Morgan fingerprint density at radius 3 is 2.81 bits per heavy atom. The van der Waals surface area contributed by atoms with E-state index in [1.807, 2.05) is 53.1 Å². The molecule has 2 fully saturated rings. The lowest BCUT2D eigenvalue weighted by molar-refractivity contribution is -0.133. The molecule has 0 bridgehead atoms. The van der Waals surface area contributed by atoms with Gasteiger partial charge in [0.15, 0.2) is 0 Å². The van der Waals surface area contributed by atoms with E-state index in [4.69, 9.17) is 10.5 Å². The fourth-order valence-electron chi connectivity index (χ4n) is 5.58. The van der Waals surface area contributed by atoms with E-state index in [1.165, 1.54) is 0 Å². The highest BCUT2D eigenvalue weighted by Gasteiger charge is 2.34. The molecule has 3 aliphatic heterocycles. The first-order valence-corrected chi connectivity index (χ1v) is 13.7. The van der Waals surface area contributed by atoms with E-state index < -0.39 is 0 Å². The smallest absolute Gasteiger partial charge is 0.256 e. The number of rotatable bonds is 4. The zero-order valence-electron chi connectivity index (χ0n) is 21.1. The summed E-state index contributed by atoms with van der Waals surface area (Å²) >= 11 is 3.50. The van der Waals surface area contributed by atoms with Crippen LogP contribution >= 0.6 is 15.9 Å². The molecule has 8 nitrogen and oxygen atoms in total. The first kappa shape index (κ1) is 25.6. The van der Waals surface area contributed by atoms with Crippen molar-refractivity contribution >= 4 is 44.8 Å². The molecule has 0 aromatic heterocycles. The van der Waals surface area contributed by atoms with E-state index in [0.29, 0.717) is 56.1 Å². The van der Waals surface area contributed by atoms with Crippen LogP contribution in [-0.2, 0) is 9.53 Å². The van der Waals surface area contributed by atoms with E-state index in [2.05, 4.69) is 33.1 Å². The summed E-state index contributed by atoms with van der Waals surface area (Å²) in [4.78, 5) is 31.0. The second-order valence-electron chi connectivity index (χ2n) is 10.2. The van der Waals surface area contributed by atoms with Crippen LogP contribution in [0.15, 0.2) is 53.1 Å². The molecule has 0 spiro atoms. The highest BCUT2D eigenvalue weighted by Crippen LogP contribution is 2.37. The van der Waals surface area contributed by atoms with Gasteiger partial charge < -0.3 is 30.9 Å². The molecule has 2 aromatic rings. The second kappa shape index (κ2) is 10.8. The monoisotopic (exact) mass is 567 g/mol. The molecule has 4 N–H and O–H groups in total. The number of carbonyl (C=O) groups excluding carboxylic acids is 2. The van der Waals surface area contributed by atoms with Crippen molar-refractivity contribution in [2.45, 2.75) is 44.2 Å². The topological polar surface area (TPSA) is 99.9 Å².